The number of anilines is 2. The average molecular weight is 394 g/mol. The van der Waals surface area contributed by atoms with Crippen molar-refractivity contribution < 1.29 is 17.9 Å². The van der Waals surface area contributed by atoms with Gasteiger partial charge in [0.25, 0.3) is 0 Å². The summed E-state index contributed by atoms with van der Waals surface area (Å²) in [5, 5.41) is 3.24. The Hall–Kier alpha value is -2.46. The largest absolute Gasteiger partial charge is 0.417 e. The quantitative estimate of drug-likeness (QED) is 0.822. The predicted octanol–water partition coefficient (Wildman–Crippen LogP) is 2.18. The first-order valence-corrected chi connectivity index (χ1v) is 9.07. The summed E-state index contributed by atoms with van der Waals surface area (Å²) in [4.78, 5) is 14.9. The summed E-state index contributed by atoms with van der Waals surface area (Å²) in [7, 11) is 1.83. The van der Waals surface area contributed by atoms with Crippen LogP contribution >= 0.6 is 0 Å². The van der Waals surface area contributed by atoms with Gasteiger partial charge in [-0.1, -0.05) is 0 Å². The Morgan fingerprint density at radius 2 is 1.89 bits per heavy atom. The molecule has 0 radical (unpaired) electrons. The van der Waals surface area contributed by atoms with Crippen LogP contribution in [0, 0.1) is 0 Å². The second-order valence-corrected chi connectivity index (χ2v) is 7.02. The topological polar surface area (TPSA) is 89.2 Å². The van der Waals surface area contributed by atoms with Crippen molar-refractivity contribution in [3.8, 4) is 11.3 Å². The number of alkyl halides is 3. The van der Waals surface area contributed by atoms with Crippen LogP contribution in [0.15, 0.2) is 18.3 Å². The molecular formula is C18H21F3N6O. The zero-order valence-corrected chi connectivity index (χ0v) is 15.4. The summed E-state index contributed by atoms with van der Waals surface area (Å²) in [5.74, 6) is 0.218. The number of ether oxygens (including phenoxy) is 1. The second-order valence-electron chi connectivity index (χ2n) is 7.02. The Kier molecular flexibility index (Phi) is 4.62. The monoisotopic (exact) mass is 394 g/mol. The fourth-order valence-corrected chi connectivity index (χ4v) is 3.39. The summed E-state index contributed by atoms with van der Waals surface area (Å²) in [6, 6.07) is 2.46. The van der Waals surface area contributed by atoms with Crippen LogP contribution in [0.3, 0.4) is 0 Å². The number of halogens is 3. The van der Waals surface area contributed by atoms with Crippen LogP contribution < -0.4 is 16.0 Å². The van der Waals surface area contributed by atoms with E-state index in [0.717, 1.165) is 25.1 Å². The number of nitrogen functional groups attached to an aromatic ring is 1. The van der Waals surface area contributed by atoms with Gasteiger partial charge < -0.3 is 20.7 Å². The molecular weight excluding hydrogens is 373 g/mol. The molecule has 0 unspecified atom stereocenters. The average Bonchev–Trinajstić information content (AvgIpc) is 3.49. The number of hydrogen-bond donors (Lipinski definition) is 2. The maximum atomic E-state index is 13.6. The zero-order chi connectivity index (χ0) is 19.9. The molecule has 0 atom stereocenters. The third-order valence-electron chi connectivity index (χ3n) is 5.23. The Balaban J connectivity index is 1.86. The molecule has 10 heteroatoms. The first-order valence-electron chi connectivity index (χ1n) is 9.07. The van der Waals surface area contributed by atoms with Crippen LogP contribution in [-0.4, -0.2) is 48.3 Å². The van der Waals surface area contributed by atoms with Crippen molar-refractivity contribution >= 4 is 11.8 Å². The third-order valence-corrected chi connectivity index (χ3v) is 5.23. The van der Waals surface area contributed by atoms with E-state index >= 15 is 0 Å². The fourth-order valence-electron chi connectivity index (χ4n) is 3.39. The molecule has 1 aliphatic carbocycles. The van der Waals surface area contributed by atoms with Crippen molar-refractivity contribution in [2.24, 2.45) is 0 Å². The second kappa shape index (κ2) is 6.85. The van der Waals surface area contributed by atoms with Crippen molar-refractivity contribution in [2.75, 3.05) is 44.0 Å². The van der Waals surface area contributed by atoms with E-state index < -0.39 is 11.7 Å². The van der Waals surface area contributed by atoms with Gasteiger partial charge in [-0.2, -0.15) is 13.2 Å². The molecule has 3 N–H and O–H groups in total. The van der Waals surface area contributed by atoms with Gasteiger partial charge >= 0.3 is 6.18 Å². The number of morpholine rings is 1. The van der Waals surface area contributed by atoms with Crippen LogP contribution in [0.2, 0.25) is 0 Å². The van der Waals surface area contributed by atoms with Gasteiger partial charge in [0.15, 0.2) is 0 Å². The first-order chi connectivity index (χ1) is 13.3. The number of nitrogens with one attached hydrogen (secondary N) is 1. The van der Waals surface area contributed by atoms with Crippen LogP contribution in [-0.2, 0) is 16.5 Å². The molecule has 3 heterocycles. The molecule has 2 aromatic rings. The van der Waals surface area contributed by atoms with Crippen LogP contribution in [0.4, 0.5) is 24.9 Å². The lowest BCUT2D eigenvalue weighted by Crippen LogP contribution is -2.38. The van der Waals surface area contributed by atoms with E-state index in [0.29, 0.717) is 37.9 Å². The Morgan fingerprint density at radius 3 is 2.50 bits per heavy atom. The number of nitrogens with two attached hydrogens (primary N) is 1. The van der Waals surface area contributed by atoms with Gasteiger partial charge in [-0.05, 0) is 32.0 Å². The fraction of sp³-hybridized carbons (Fsp3) is 0.500. The van der Waals surface area contributed by atoms with Crippen molar-refractivity contribution in [3.05, 3.63) is 29.6 Å². The maximum absolute atomic E-state index is 13.6. The number of nitrogens with zero attached hydrogens (tertiary/aromatic N) is 4. The van der Waals surface area contributed by atoms with Crippen molar-refractivity contribution in [3.63, 3.8) is 0 Å². The minimum Gasteiger partial charge on any atom is -0.384 e. The van der Waals surface area contributed by atoms with E-state index in [4.69, 9.17) is 10.5 Å². The van der Waals surface area contributed by atoms with Crippen LogP contribution in [0.25, 0.3) is 11.3 Å². The highest BCUT2D eigenvalue weighted by atomic mass is 19.4. The molecule has 1 saturated carbocycles. The molecule has 0 spiro atoms. The molecule has 2 fully saturated rings. The van der Waals surface area contributed by atoms with Crippen molar-refractivity contribution in [1.82, 2.24) is 20.3 Å². The zero-order valence-electron chi connectivity index (χ0n) is 15.4. The smallest absolute Gasteiger partial charge is 0.384 e. The van der Waals surface area contributed by atoms with Gasteiger partial charge in [-0.25, -0.2) is 15.0 Å². The van der Waals surface area contributed by atoms with Gasteiger partial charge in [0, 0.05) is 24.8 Å². The van der Waals surface area contributed by atoms with Gasteiger partial charge in [0.1, 0.15) is 5.82 Å². The van der Waals surface area contributed by atoms with E-state index in [-0.39, 0.29) is 22.6 Å². The van der Waals surface area contributed by atoms with Crippen molar-refractivity contribution in [1.29, 1.82) is 0 Å². The van der Waals surface area contributed by atoms with Crippen LogP contribution in [0.5, 0.6) is 0 Å². The normalized spacial score (nSPS) is 18.9. The molecule has 2 aromatic heterocycles. The van der Waals surface area contributed by atoms with E-state index in [1.165, 1.54) is 0 Å². The Morgan fingerprint density at radius 1 is 1.18 bits per heavy atom. The first kappa shape index (κ1) is 18.9. The third kappa shape index (κ3) is 3.49. The maximum Gasteiger partial charge on any atom is 0.417 e. The Bertz CT molecular complexity index is 878. The molecule has 1 saturated heterocycles. The predicted molar refractivity (Wildman–Crippen MR) is 97.7 cm³/mol. The molecule has 0 bridgehead atoms. The van der Waals surface area contributed by atoms with E-state index in [9.17, 15) is 13.2 Å². The number of aromatic nitrogens is 3. The lowest BCUT2D eigenvalue weighted by atomic mass is 10.0. The molecule has 1 aliphatic heterocycles. The molecule has 4 rings (SSSR count). The standard InChI is InChI=1S/C18H21F3N6O/c1-23-17(2-3-17)14-9-13(25-16(26-14)27-4-6-28-7-5-27)11-10-24-15(22)8-12(11)18(19,20)21/h8-10,23H,2-7H2,1H3,(H2,22,24). The SMILES string of the molecule is CNC1(c2cc(-c3cnc(N)cc3C(F)(F)F)nc(N3CCOCC3)n2)CC1. The molecule has 150 valence electrons. The molecule has 0 aromatic carbocycles. The van der Waals surface area contributed by atoms with Gasteiger partial charge in [0.2, 0.25) is 5.95 Å². The minimum absolute atomic E-state index is 0.105. The molecule has 28 heavy (non-hydrogen) atoms. The summed E-state index contributed by atoms with van der Waals surface area (Å²) in [6.45, 7) is 2.22. The molecule has 2 aliphatic rings. The number of pyridine rings is 1. The lowest BCUT2D eigenvalue weighted by molar-refractivity contribution is -0.137. The van der Waals surface area contributed by atoms with Crippen molar-refractivity contribution in [2.45, 2.75) is 24.6 Å². The molecule has 0 amide bonds. The summed E-state index contributed by atoms with van der Waals surface area (Å²) in [6.07, 6.45) is -1.70. The van der Waals surface area contributed by atoms with E-state index in [1.54, 1.807) is 6.07 Å². The minimum atomic E-state index is -4.57. The van der Waals surface area contributed by atoms with E-state index in [2.05, 4.69) is 20.3 Å². The highest BCUT2D eigenvalue weighted by Gasteiger charge is 2.45. The molecule has 7 nitrogen and oxygen atoms in total. The highest BCUT2D eigenvalue weighted by Crippen LogP contribution is 2.46. The highest BCUT2D eigenvalue weighted by molar-refractivity contribution is 5.67. The summed E-state index contributed by atoms with van der Waals surface area (Å²) >= 11 is 0. The number of rotatable bonds is 4. The lowest BCUT2D eigenvalue weighted by Gasteiger charge is -2.28. The Labute approximate surface area is 160 Å². The van der Waals surface area contributed by atoms with Gasteiger partial charge in [-0.15, -0.1) is 0 Å². The summed E-state index contributed by atoms with van der Waals surface area (Å²) in [5.41, 5.74) is 5.10. The summed E-state index contributed by atoms with van der Waals surface area (Å²) < 4.78 is 46.2. The number of hydrogen-bond acceptors (Lipinski definition) is 7. The van der Waals surface area contributed by atoms with E-state index in [1.807, 2.05) is 11.9 Å². The van der Waals surface area contributed by atoms with Gasteiger partial charge in [-0.3, -0.25) is 0 Å². The van der Waals surface area contributed by atoms with Gasteiger partial charge in [0.05, 0.1) is 35.7 Å². The van der Waals surface area contributed by atoms with Crippen LogP contribution in [0.1, 0.15) is 24.1 Å².